The summed E-state index contributed by atoms with van der Waals surface area (Å²) in [5.74, 6) is -3.12. The standard InChI is InChI=1S/C19H20FN3O8S2/c20-17-5-4-15(33(28,29)23-6-8-30-9-7-23)11-16(17)19(25)31-12-18(24)22-13-2-1-3-14(10-13)32(21,26)27/h1-5,10-11H,6-9,12H2,(H,22,24)(H2,21,26,27). The van der Waals surface area contributed by atoms with Gasteiger partial charge in [-0.1, -0.05) is 6.07 Å². The fourth-order valence-electron chi connectivity index (χ4n) is 2.91. The summed E-state index contributed by atoms with van der Waals surface area (Å²) in [5, 5.41) is 7.34. The van der Waals surface area contributed by atoms with Gasteiger partial charge in [-0.15, -0.1) is 0 Å². The number of amides is 1. The number of esters is 1. The van der Waals surface area contributed by atoms with Crippen molar-refractivity contribution in [2.45, 2.75) is 9.79 Å². The second-order valence-electron chi connectivity index (χ2n) is 6.86. The zero-order valence-corrected chi connectivity index (χ0v) is 18.7. The molecule has 1 aliphatic heterocycles. The molecule has 1 amide bonds. The predicted molar refractivity (Wildman–Crippen MR) is 113 cm³/mol. The van der Waals surface area contributed by atoms with Crippen LogP contribution in [0.5, 0.6) is 0 Å². The van der Waals surface area contributed by atoms with Crippen LogP contribution in [0.1, 0.15) is 10.4 Å². The summed E-state index contributed by atoms with van der Waals surface area (Å²) in [4.78, 5) is 23.8. The predicted octanol–water partition coefficient (Wildman–Crippen LogP) is 0.290. The second-order valence-corrected chi connectivity index (χ2v) is 10.4. The first-order valence-electron chi connectivity index (χ1n) is 9.46. The fraction of sp³-hybridized carbons (Fsp3) is 0.263. The molecule has 0 aliphatic carbocycles. The Kier molecular flexibility index (Phi) is 7.44. The molecular weight excluding hydrogens is 481 g/mol. The molecule has 1 fully saturated rings. The molecule has 0 bridgehead atoms. The van der Waals surface area contributed by atoms with E-state index in [1.807, 2.05) is 0 Å². The van der Waals surface area contributed by atoms with Gasteiger partial charge in [0.15, 0.2) is 6.61 Å². The van der Waals surface area contributed by atoms with E-state index in [9.17, 15) is 30.8 Å². The Morgan fingerprint density at radius 1 is 1.06 bits per heavy atom. The van der Waals surface area contributed by atoms with Crippen LogP contribution < -0.4 is 10.5 Å². The van der Waals surface area contributed by atoms with Crippen LogP contribution in [0.15, 0.2) is 52.3 Å². The number of primary sulfonamides is 1. The molecule has 0 spiro atoms. The molecule has 1 aliphatic rings. The van der Waals surface area contributed by atoms with Gasteiger partial charge >= 0.3 is 5.97 Å². The van der Waals surface area contributed by atoms with E-state index in [1.165, 1.54) is 18.2 Å². The van der Waals surface area contributed by atoms with E-state index in [1.54, 1.807) is 0 Å². The van der Waals surface area contributed by atoms with Crippen LogP contribution in [0.3, 0.4) is 0 Å². The summed E-state index contributed by atoms with van der Waals surface area (Å²) < 4.78 is 73.4. The number of sulfonamides is 2. The molecule has 0 aromatic heterocycles. The maximum absolute atomic E-state index is 14.2. The molecule has 14 heteroatoms. The van der Waals surface area contributed by atoms with Crippen LogP contribution >= 0.6 is 0 Å². The van der Waals surface area contributed by atoms with Crippen LogP contribution in [0.4, 0.5) is 10.1 Å². The number of nitrogens with zero attached hydrogens (tertiary/aromatic N) is 1. The van der Waals surface area contributed by atoms with Crippen molar-refractivity contribution in [3.63, 3.8) is 0 Å². The van der Waals surface area contributed by atoms with Crippen LogP contribution in [-0.4, -0.2) is 65.9 Å². The second kappa shape index (κ2) is 9.93. The molecule has 11 nitrogen and oxygen atoms in total. The zero-order chi connectivity index (χ0) is 24.2. The third-order valence-corrected chi connectivity index (χ3v) is 7.35. The van der Waals surface area contributed by atoms with Crippen molar-refractivity contribution in [2.75, 3.05) is 38.2 Å². The van der Waals surface area contributed by atoms with Crippen molar-refractivity contribution in [2.24, 2.45) is 5.14 Å². The Labute approximate surface area is 189 Å². The molecule has 2 aromatic rings. The van der Waals surface area contributed by atoms with E-state index >= 15 is 0 Å². The number of benzene rings is 2. The van der Waals surface area contributed by atoms with Gasteiger partial charge in [-0.2, -0.15) is 4.31 Å². The number of anilines is 1. The number of halogens is 1. The van der Waals surface area contributed by atoms with Crippen molar-refractivity contribution in [3.8, 4) is 0 Å². The highest BCUT2D eigenvalue weighted by atomic mass is 32.2. The molecule has 1 heterocycles. The molecule has 0 atom stereocenters. The largest absolute Gasteiger partial charge is 0.452 e. The molecule has 3 N–H and O–H groups in total. The van der Waals surface area contributed by atoms with Gasteiger partial charge < -0.3 is 14.8 Å². The summed E-state index contributed by atoms with van der Waals surface area (Å²) in [7, 11) is -7.97. The lowest BCUT2D eigenvalue weighted by Gasteiger charge is -2.26. The summed E-state index contributed by atoms with van der Waals surface area (Å²) in [6.45, 7) is -0.175. The van der Waals surface area contributed by atoms with E-state index in [2.05, 4.69) is 5.32 Å². The van der Waals surface area contributed by atoms with E-state index in [4.69, 9.17) is 14.6 Å². The molecular formula is C19H20FN3O8S2. The van der Waals surface area contributed by atoms with Gasteiger partial charge in [0.05, 0.1) is 28.6 Å². The van der Waals surface area contributed by atoms with E-state index < -0.39 is 49.9 Å². The van der Waals surface area contributed by atoms with Crippen LogP contribution in [-0.2, 0) is 34.3 Å². The highest BCUT2D eigenvalue weighted by molar-refractivity contribution is 7.89. The summed E-state index contributed by atoms with van der Waals surface area (Å²) in [5.41, 5.74) is -0.583. The zero-order valence-electron chi connectivity index (χ0n) is 17.1. The van der Waals surface area contributed by atoms with Crippen molar-refractivity contribution < 1.29 is 40.3 Å². The van der Waals surface area contributed by atoms with Gasteiger partial charge in [0.1, 0.15) is 5.82 Å². The first-order valence-corrected chi connectivity index (χ1v) is 12.4. The topological polar surface area (TPSA) is 162 Å². The lowest BCUT2D eigenvalue weighted by atomic mass is 10.2. The minimum atomic E-state index is -3.99. The number of hydrogen-bond acceptors (Lipinski definition) is 8. The number of ether oxygens (including phenoxy) is 2. The molecule has 2 aromatic carbocycles. The van der Waals surface area contributed by atoms with Gasteiger partial charge in [0.2, 0.25) is 20.0 Å². The van der Waals surface area contributed by atoms with Crippen molar-refractivity contribution in [1.82, 2.24) is 4.31 Å². The number of morpholine rings is 1. The molecule has 33 heavy (non-hydrogen) atoms. The SMILES string of the molecule is NS(=O)(=O)c1cccc(NC(=O)COC(=O)c2cc(S(=O)(=O)N3CCOCC3)ccc2F)c1. The maximum atomic E-state index is 14.2. The Morgan fingerprint density at radius 3 is 2.42 bits per heavy atom. The van der Waals surface area contributed by atoms with Gasteiger partial charge in [-0.3, -0.25) is 4.79 Å². The smallest absolute Gasteiger partial charge is 0.341 e. The lowest BCUT2D eigenvalue weighted by Crippen LogP contribution is -2.40. The maximum Gasteiger partial charge on any atom is 0.341 e. The fourth-order valence-corrected chi connectivity index (χ4v) is 4.91. The minimum Gasteiger partial charge on any atom is -0.452 e. The van der Waals surface area contributed by atoms with Gasteiger partial charge in [0.25, 0.3) is 5.91 Å². The molecule has 0 unspecified atom stereocenters. The molecule has 0 radical (unpaired) electrons. The van der Waals surface area contributed by atoms with Crippen molar-refractivity contribution in [1.29, 1.82) is 0 Å². The van der Waals surface area contributed by atoms with Crippen LogP contribution in [0.25, 0.3) is 0 Å². The monoisotopic (exact) mass is 501 g/mol. The highest BCUT2D eigenvalue weighted by Crippen LogP contribution is 2.21. The first kappa shape index (κ1) is 24.7. The van der Waals surface area contributed by atoms with Gasteiger partial charge in [0, 0.05) is 18.8 Å². The average Bonchev–Trinajstić information content (AvgIpc) is 2.78. The Hall–Kier alpha value is -2.91. The minimum absolute atomic E-state index is 0.0763. The van der Waals surface area contributed by atoms with E-state index in [0.717, 1.165) is 28.6 Å². The van der Waals surface area contributed by atoms with Crippen LogP contribution in [0, 0.1) is 5.82 Å². The quantitative estimate of drug-likeness (QED) is 0.512. The average molecular weight is 502 g/mol. The number of carbonyl (C=O) groups excluding carboxylic acids is 2. The van der Waals surface area contributed by atoms with Crippen molar-refractivity contribution >= 4 is 37.6 Å². The summed E-state index contributed by atoms with van der Waals surface area (Å²) >= 11 is 0. The Balaban J connectivity index is 1.68. The normalized spacial score (nSPS) is 15.1. The van der Waals surface area contributed by atoms with E-state index in [0.29, 0.717) is 0 Å². The number of nitrogens with two attached hydrogens (primary N) is 1. The number of hydrogen-bond donors (Lipinski definition) is 2. The summed E-state index contributed by atoms with van der Waals surface area (Å²) in [6.07, 6.45) is 0. The highest BCUT2D eigenvalue weighted by Gasteiger charge is 2.28. The Morgan fingerprint density at radius 2 is 1.76 bits per heavy atom. The molecule has 1 saturated heterocycles. The lowest BCUT2D eigenvalue weighted by molar-refractivity contribution is -0.119. The number of carbonyl (C=O) groups is 2. The number of nitrogens with one attached hydrogen (secondary N) is 1. The van der Waals surface area contributed by atoms with Gasteiger partial charge in [-0.25, -0.2) is 31.2 Å². The molecule has 178 valence electrons. The third kappa shape index (κ3) is 6.11. The molecule has 0 saturated carbocycles. The summed E-state index contributed by atoms with van der Waals surface area (Å²) in [6, 6.07) is 7.76. The van der Waals surface area contributed by atoms with Gasteiger partial charge in [-0.05, 0) is 36.4 Å². The van der Waals surface area contributed by atoms with Crippen molar-refractivity contribution in [3.05, 3.63) is 53.8 Å². The van der Waals surface area contributed by atoms with Crippen LogP contribution in [0.2, 0.25) is 0 Å². The number of rotatable bonds is 7. The molecule has 3 rings (SSSR count). The Bertz CT molecular complexity index is 1280. The first-order chi connectivity index (χ1) is 15.5. The third-order valence-electron chi connectivity index (χ3n) is 4.55. The van der Waals surface area contributed by atoms with E-state index in [-0.39, 0.29) is 41.8 Å².